The van der Waals surface area contributed by atoms with Crippen molar-refractivity contribution in [1.29, 1.82) is 0 Å². The number of aromatic nitrogens is 1. The van der Waals surface area contributed by atoms with Gasteiger partial charge in [-0.15, -0.1) is 11.3 Å². The molecule has 0 unspecified atom stereocenters. The fourth-order valence-electron chi connectivity index (χ4n) is 2.10. The molecule has 0 fully saturated rings. The summed E-state index contributed by atoms with van der Waals surface area (Å²) in [5.41, 5.74) is 1.94. The first-order chi connectivity index (χ1) is 11.3. The number of anilines is 1. The van der Waals surface area contributed by atoms with Gasteiger partial charge in [-0.2, -0.15) is 0 Å². The zero-order valence-corrected chi connectivity index (χ0v) is 14.1. The Hall–Kier alpha value is -2.32. The van der Waals surface area contributed by atoms with E-state index in [1.807, 2.05) is 12.3 Å². The van der Waals surface area contributed by atoms with E-state index in [-0.39, 0.29) is 5.69 Å². The number of sulfonamides is 1. The van der Waals surface area contributed by atoms with Crippen LogP contribution >= 0.6 is 11.3 Å². The monoisotopic (exact) mass is 366 g/mol. The van der Waals surface area contributed by atoms with Gasteiger partial charge in [0.2, 0.25) is 0 Å². The Bertz CT molecular complexity index is 963. The van der Waals surface area contributed by atoms with Crippen LogP contribution in [0.4, 0.5) is 14.5 Å². The molecule has 0 saturated carbocycles. The third kappa shape index (κ3) is 3.60. The molecule has 0 atom stereocenters. The Labute approximate surface area is 141 Å². The zero-order valence-electron chi connectivity index (χ0n) is 12.5. The normalized spacial score (nSPS) is 11.5. The van der Waals surface area contributed by atoms with Gasteiger partial charge in [0.15, 0.2) is 0 Å². The summed E-state index contributed by atoms with van der Waals surface area (Å²) >= 11 is 1.52. The van der Waals surface area contributed by atoms with E-state index in [2.05, 4.69) is 9.71 Å². The van der Waals surface area contributed by atoms with E-state index >= 15 is 0 Å². The van der Waals surface area contributed by atoms with Gasteiger partial charge in [0.25, 0.3) is 10.0 Å². The van der Waals surface area contributed by atoms with Crippen LogP contribution in [0.2, 0.25) is 0 Å². The van der Waals surface area contributed by atoms with Crippen molar-refractivity contribution in [3.05, 3.63) is 64.5 Å². The van der Waals surface area contributed by atoms with Crippen LogP contribution in [0.25, 0.3) is 11.3 Å². The van der Waals surface area contributed by atoms with Gasteiger partial charge in [-0.25, -0.2) is 22.2 Å². The van der Waals surface area contributed by atoms with E-state index in [0.717, 1.165) is 28.4 Å². The van der Waals surface area contributed by atoms with Gasteiger partial charge >= 0.3 is 0 Å². The summed E-state index contributed by atoms with van der Waals surface area (Å²) in [5.74, 6) is -1.91. The topological polar surface area (TPSA) is 59.1 Å². The summed E-state index contributed by atoms with van der Waals surface area (Å²) in [4.78, 5) is 3.88. The van der Waals surface area contributed by atoms with Gasteiger partial charge in [-0.05, 0) is 31.2 Å². The third-order valence-corrected chi connectivity index (χ3v) is 5.33. The molecule has 8 heteroatoms. The van der Waals surface area contributed by atoms with E-state index in [9.17, 15) is 17.2 Å². The Balaban J connectivity index is 1.85. The third-order valence-electron chi connectivity index (χ3n) is 3.20. The van der Waals surface area contributed by atoms with Crippen LogP contribution in [0.3, 0.4) is 0 Å². The molecule has 0 spiro atoms. The number of benzene rings is 2. The number of thiazole rings is 1. The molecule has 0 aliphatic heterocycles. The minimum absolute atomic E-state index is 0.287. The molecule has 1 heterocycles. The average Bonchev–Trinajstić information content (AvgIpc) is 2.93. The highest BCUT2D eigenvalue weighted by molar-refractivity contribution is 7.92. The van der Waals surface area contributed by atoms with Gasteiger partial charge in [0.05, 0.1) is 15.6 Å². The molecule has 24 heavy (non-hydrogen) atoms. The molecule has 3 aromatic rings. The molecule has 0 aliphatic carbocycles. The van der Waals surface area contributed by atoms with Gasteiger partial charge in [0.1, 0.15) is 11.6 Å². The van der Waals surface area contributed by atoms with Crippen molar-refractivity contribution >= 4 is 27.0 Å². The lowest BCUT2D eigenvalue weighted by Crippen LogP contribution is -2.13. The lowest BCUT2D eigenvalue weighted by molar-refractivity contribution is 0.568. The van der Waals surface area contributed by atoms with E-state index in [0.29, 0.717) is 6.07 Å². The van der Waals surface area contributed by atoms with Crippen LogP contribution in [0.1, 0.15) is 5.01 Å². The maximum Gasteiger partial charge on any atom is 0.262 e. The van der Waals surface area contributed by atoms with E-state index in [1.54, 1.807) is 24.3 Å². The number of nitrogens with zero attached hydrogens (tertiary/aromatic N) is 1. The quantitative estimate of drug-likeness (QED) is 0.753. The molecule has 0 amide bonds. The fraction of sp³-hybridized carbons (Fsp3) is 0.0625. The maximum atomic E-state index is 13.2. The van der Waals surface area contributed by atoms with Gasteiger partial charge in [-0.3, -0.25) is 4.72 Å². The highest BCUT2D eigenvalue weighted by Crippen LogP contribution is 2.24. The highest BCUT2D eigenvalue weighted by atomic mass is 32.2. The minimum Gasteiger partial charge on any atom is -0.280 e. The molecular weight excluding hydrogens is 354 g/mol. The molecule has 4 nitrogen and oxygen atoms in total. The summed E-state index contributed by atoms with van der Waals surface area (Å²) < 4.78 is 53.1. The van der Waals surface area contributed by atoms with Crippen LogP contribution in [0.15, 0.2) is 52.7 Å². The second-order valence-electron chi connectivity index (χ2n) is 5.04. The maximum absolute atomic E-state index is 13.2. The molecule has 1 aromatic heterocycles. The van der Waals surface area contributed by atoms with Crippen LogP contribution in [0.5, 0.6) is 0 Å². The Morgan fingerprint density at radius 3 is 2.21 bits per heavy atom. The zero-order chi connectivity index (χ0) is 17.3. The van der Waals surface area contributed by atoms with Gasteiger partial charge in [0, 0.05) is 22.7 Å². The Morgan fingerprint density at radius 2 is 1.67 bits per heavy atom. The molecule has 3 rings (SSSR count). The van der Waals surface area contributed by atoms with Crippen LogP contribution in [-0.4, -0.2) is 13.4 Å². The van der Waals surface area contributed by atoms with Crippen molar-refractivity contribution in [1.82, 2.24) is 4.98 Å². The number of hydrogen-bond donors (Lipinski definition) is 1. The number of nitrogens with one attached hydrogen (secondary N) is 1. The number of halogens is 2. The summed E-state index contributed by atoms with van der Waals surface area (Å²) in [6.07, 6.45) is 0. The van der Waals surface area contributed by atoms with Crippen LogP contribution < -0.4 is 4.72 Å². The number of rotatable bonds is 4. The summed E-state index contributed by atoms with van der Waals surface area (Å²) in [6, 6.07) is 8.71. The summed E-state index contributed by atoms with van der Waals surface area (Å²) in [7, 11) is -4.08. The standard InChI is InChI=1S/C16H12F2N2O2S2/c1-10-19-16(9-23-10)11-2-4-14(5-3-11)20-24(21,22)15-7-12(17)6-13(18)8-15/h2-9,20H,1H3. The first-order valence-electron chi connectivity index (χ1n) is 6.85. The Kier molecular flexibility index (Phi) is 4.33. The molecule has 0 radical (unpaired) electrons. The van der Waals surface area contributed by atoms with E-state index in [1.165, 1.54) is 11.3 Å². The molecular formula is C16H12F2N2O2S2. The predicted molar refractivity (Wildman–Crippen MR) is 89.5 cm³/mol. The van der Waals surface area contributed by atoms with Crippen molar-refractivity contribution in [2.45, 2.75) is 11.8 Å². The fourth-order valence-corrected chi connectivity index (χ4v) is 3.82. The largest absolute Gasteiger partial charge is 0.280 e. The van der Waals surface area contributed by atoms with Crippen molar-refractivity contribution in [3.63, 3.8) is 0 Å². The first kappa shape index (κ1) is 16.5. The Morgan fingerprint density at radius 1 is 1.04 bits per heavy atom. The van der Waals surface area contributed by atoms with Crippen LogP contribution in [-0.2, 0) is 10.0 Å². The van der Waals surface area contributed by atoms with E-state index < -0.39 is 26.6 Å². The second-order valence-corrected chi connectivity index (χ2v) is 7.78. The van der Waals surface area contributed by atoms with Crippen molar-refractivity contribution in [2.24, 2.45) is 0 Å². The number of aryl methyl sites for hydroxylation is 1. The second kappa shape index (κ2) is 6.29. The minimum atomic E-state index is -4.08. The summed E-state index contributed by atoms with van der Waals surface area (Å²) in [6.45, 7) is 1.90. The van der Waals surface area contributed by atoms with Crippen molar-refractivity contribution in [3.8, 4) is 11.3 Å². The molecule has 0 aliphatic rings. The molecule has 2 aromatic carbocycles. The number of hydrogen-bond acceptors (Lipinski definition) is 4. The molecule has 0 bridgehead atoms. The predicted octanol–water partition coefficient (Wildman–Crippen LogP) is 4.20. The first-order valence-corrected chi connectivity index (χ1v) is 9.21. The van der Waals surface area contributed by atoms with Crippen LogP contribution in [0, 0.1) is 18.6 Å². The van der Waals surface area contributed by atoms with Gasteiger partial charge < -0.3 is 0 Å². The lowest BCUT2D eigenvalue weighted by Gasteiger charge is -2.09. The molecule has 0 saturated heterocycles. The molecule has 1 N–H and O–H groups in total. The smallest absolute Gasteiger partial charge is 0.262 e. The lowest BCUT2D eigenvalue weighted by atomic mass is 10.1. The van der Waals surface area contributed by atoms with Crippen molar-refractivity contribution in [2.75, 3.05) is 4.72 Å². The molecule has 124 valence electrons. The SMILES string of the molecule is Cc1nc(-c2ccc(NS(=O)(=O)c3cc(F)cc(F)c3)cc2)cs1. The highest BCUT2D eigenvalue weighted by Gasteiger charge is 2.16. The summed E-state index contributed by atoms with van der Waals surface area (Å²) in [5, 5.41) is 2.84. The van der Waals surface area contributed by atoms with Gasteiger partial charge in [-0.1, -0.05) is 12.1 Å². The van der Waals surface area contributed by atoms with E-state index in [4.69, 9.17) is 0 Å². The van der Waals surface area contributed by atoms with Crippen molar-refractivity contribution < 1.29 is 17.2 Å². The average molecular weight is 366 g/mol.